The van der Waals surface area contributed by atoms with E-state index >= 15 is 0 Å². The zero-order valence-electron chi connectivity index (χ0n) is 15.9. The molecule has 4 rings (SSSR count). The smallest absolute Gasteiger partial charge is 0.243 e. The summed E-state index contributed by atoms with van der Waals surface area (Å²) in [5.74, 6) is 0.259. The van der Waals surface area contributed by atoms with Gasteiger partial charge >= 0.3 is 0 Å². The molecule has 1 saturated heterocycles. The lowest BCUT2D eigenvalue weighted by atomic mass is 9.84. The molecule has 0 amide bonds. The van der Waals surface area contributed by atoms with E-state index in [2.05, 4.69) is 0 Å². The normalized spacial score (nSPS) is 19.5. The van der Waals surface area contributed by atoms with Crippen LogP contribution in [0.4, 0.5) is 4.39 Å². The Morgan fingerprint density at radius 2 is 1.64 bits per heavy atom. The first-order chi connectivity index (χ1) is 13.5. The molecule has 1 aliphatic heterocycles. The SMILES string of the molecule is O=S(=O)(c1ccc(C2CCCCC2)cc1)N1CC(OCc2ccccc2F)C1. The molecular formula is C22H26FNO3S. The minimum absolute atomic E-state index is 0.154. The van der Waals surface area contributed by atoms with Crippen LogP contribution in [0.5, 0.6) is 0 Å². The summed E-state index contributed by atoms with van der Waals surface area (Å²) in [7, 11) is -3.49. The molecule has 2 aromatic carbocycles. The fourth-order valence-electron chi connectivity index (χ4n) is 4.02. The quantitative estimate of drug-likeness (QED) is 0.715. The van der Waals surface area contributed by atoms with E-state index in [0.29, 0.717) is 29.5 Å². The van der Waals surface area contributed by atoms with Gasteiger partial charge in [0, 0.05) is 18.7 Å². The first-order valence-corrected chi connectivity index (χ1v) is 11.4. The molecule has 4 nitrogen and oxygen atoms in total. The Kier molecular flexibility index (Phi) is 5.80. The second kappa shape index (κ2) is 8.31. The van der Waals surface area contributed by atoms with Crippen molar-refractivity contribution in [2.45, 2.75) is 55.6 Å². The van der Waals surface area contributed by atoms with Crippen LogP contribution in [-0.4, -0.2) is 31.9 Å². The van der Waals surface area contributed by atoms with Gasteiger partial charge in [-0.15, -0.1) is 0 Å². The van der Waals surface area contributed by atoms with Gasteiger partial charge in [0.05, 0.1) is 17.6 Å². The van der Waals surface area contributed by atoms with Crippen LogP contribution in [0.1, 0.15) is 49.1 Å². The molecule has 0 unspecified atom stereocenters. The van der Waals surface area contributed by atoms with Crippen molar-refractivity contribution < 1.29 is 17.5 Å². The van der Waals surface area contributed by atoms with Gasteiger partial charge in [-0.1, -0.05) is 49.6 Å². The third kappa shape index (κ3) is 4.14. The highest BCUT2D eigenvalue weighted by Crippen LogP contribution is 2.33. The van der Waals surface area contributed by atoms with Gasteiger partial charge in [-0.05, 0) is 42.5 Å². The van der Waals surface area contributed by atoms with Crippen LogP contribution < -0.4 is 0 Å². The number of ether oxygens (including phenoxy) is 1. The molecule has 0 spiro atoms. The molecule has 0 N–H and O–H groups in total. The molecule has 0 atom stereocenters. The summed E-state index contributed by atoms with van der Waals surface area (Å²) < 4.78 is 46.3. The Hall–Kier alpha value is -1.76. The van der Waals surface area contributed by atoms with E-state index in [0.717, 1.165) is 0 Å². The van der Waals surface area contributed by atoms with Gasteiger partial charge in [0.15, 0.2) is 0 Å². The van der Waals surface area contributed by atoms with Crippen LogP contribution in [0.25, 0.3) is 0 Å². The summed E-state index contributed by atoms with van der Waals surface area (Å²) >= 11 is 0. The third-order valence-electron chi connectivity index (χ3n) is 5.84. The van der Waals surface area contributed by atoms with Crippen molar-refractivity contribution in [2.24, 2.45) is 0 Å². The number of nitrogens with zero attached hydrogens (tertiary/aromatic N) is 1. The fourth-order valence-corrected chi connectivity index (χ4v) is 5.53. The van der Waals surface area contributed by atoms with Crippen LogP contribution in [-0.2, 0) is 21.4 Å². The lowest BCUT2D eigenvalue weighted by Gasteiger charge is -2.37. The van der Waals surface area contributed by atoms with Crippen molar-refractivity contribution >= 4 is 10.0 Å². The molecule has 2 aliphatic rings. The molecule has 1 saturated carbocycles. The summed E-state index contributed by atoms with van der Waals surface area (Å²) in [4.78, 5) is 0.333. The molecule has 28 heavy (non-hydrogen) atoms. The molecule has 1 aliphatic carbocycles. The van der Waals surface area contributed by atoms with E-state index in [-0.39, 0.29) is 18.5 Å². The van der Waals surface area contributed by atoms with Gasteiger partial charge < -0.3 is 4.74 Å². The van der Waals surface area contributed by atoms with Crippen LogP contribution >= 0.6 is 0 Å². The Bertz CT molecular complexity index is 902. The van der Waals surface area contributed by atoms with E-state index in [9.17, 15) is 12.8 Å². The number of rotatable bonds is 6. The van der Waals surface area contributed by atoms with Crippen molar-refractivity contribution in [1.29, 1.82) is 0 Å². The number of halogens is 1. The first-order valence-electron chi connectivity index (χ1n) is 9.99. The predicted molar refractivity (Wildman–Crippen MR) is 106 cm³/mol. The molecule has 150 valence electrons. The molecule has 0 aromatic heterocycles. The molecule has 0 bridgehead atoms. The minimum atomic E-state index is -3.49. The van der Waals surface area contributed by atoms with Gasteiger partial charge in [-0.25, -0.2) is 12.8 Å². The van der Waals surface area contributed by atoms with Gasteiger partial charge in [-0.2, -0.15) is 4.31 Å². The van der Waals surface area contributed by atoms with Crippen LogP contribution in [0.2, 0.25) is 0 Å². The lowest BCUT2D eigenvalue weighted by Crippen LogP contribution is -2.54. The van der Waals surface area contributed by atoms with E-state index in [1.807, 2.05) is 12.1 Å². The highest BCUT2D eigenvalue weighted by atomic mass is 32.2. The van der Waals surface area contributed by atoms with Gasteiger partial charge in [0.25, 0.3) is 0 Å². The van der Waals surface area contributed by atoms with Gasteiger partial charge in [-0.3, -0.25) is 0 Å². The standard InChI is InChI=1S/C22H26FNO3S/c23-22-9-5-4-8-19(22)16-27-20-14-24(15-20)28(25,26)21-12-10-18(11-13-21)17-6-2-1-3-7-17/h4-5,8-13,17,20H,1-3,6-7,14-16H2. The second-order valence-electron chi connectivity index (χ2n) is 7.75. The van der Waals surface area contributed by atoms with Crippen LogP contribution in [0.3, 0.4) is 0 Å². The molecule has 2 fully saturated rings. The largest absolute Gasteiger partial charge is 0.371 e. The molecule has 2 aromatic rings. The average Bonchev–Trinajstić information content (AvgIpc) is 2.69. The monoisotopic (exact) mass is 403 g/mol. The van der Waals surface area contributed by atoms with Crippen molar-refractivity contribution in [3.8, 4) is 0 Å². The summed E-state index contributed by atoms with van der Waals surface area (Å²) in [6.45, 7) is 0.767. The summed E-state index contributed by atoms with van der Waals surface area (Å²) in [5.41, 5.74) is 1.73. The lowest BCUT2D eigenvalue weighted by molar-refractivity contribution is -0.0304. The summed E-state index contributed by atoms with van der Waals surface area (Å²) in [6.07, 6.45) is 6.01. The predicted octanol–water partition coefficient (Wildman–Crippen LogP) is 4.46. The fraction of sp³-hybridized carbons (Fsp3) is 0.455. The van der Waals surface area contributed by atoms with Crippen molar-refractivity contribution in [3.63, 3.8) is 0 Å². The zero-order valence-corrected chi connectivity index (χ0v) is 16.7. The molecule has 6 heteroatoms. The van der Waals surface area contributed by atoms with E-state index < -0.39 is 10.0 Å². The number of hydrogen-bond donors (Lipinski definition) is 0. The topological polar surface area (TPSA) is 46.6 Å². The van der Waals surface area contributed by atoms with Crippen molar-refractivity contribution in [1.82, 2.24) is 4.31 Å². The van der Waals surface area contributed by atoms with Gasteiger partial charge in [0.1, 0.15) is 5.82 Å². The maximum Gasteiger partial charge on any atom is 0.243 e. The number of benzene rings is 2. The van der Waals surface area contributed by atoms with Crippen molar-refractivity contribution in [3.05, 3.63) is 65.5 Å². The third-order valence-corrected chi connectivity index (χ3v) is 7.69. The van der Waals surface area contributed by atoms with E-state index in [1.165, 1.54) is 48.0 Å². The Morgan fingerprint density at radius 1 is 0.964 bits per heavy atom. The molecule has 1 heterocycles. The van der Waals surface area contributed by atoms with E-state index in [4.69, 9.17) is 4.74 Å². The zero-order chi connectivity index (χ0) is 19.6. The Labute approximate surface area is 166 Å². The second-order valence-corrected chi connectivity index (χ2v) is 9.69. The highest BCUT2D eigenvalue weighted by Gasteiger charge is 2.37. The Morgan fingerprint density at radius 3 is 2.32 bits per heavy atom. The minimum Gasteiger partial charge on any atom is -0.371 e. The van der Waals surface area contributed by atoms with Crippen LogP contribution in [0.15, 0.2) is 53.4 Å². The average molecular weight is 404 g/mol. The maximum atomic E-state index is 13.6. The molecule has 0 radical (unpaired) electrons. The van der Waals surface area contributed by atoms with Crippen LogP contribution in [0, 0.1) is 5.82 Å². The summed E-state index contributed by atoms with van der Waals surface area (Å²) in [5, 5.41) is 0. The van der Waals surface area contributed by atoms with Crippen molar-refractivity contribution in [2.75, 3.05) is 13.1 Å². The maximum absolute atomic E-state index is 13.6. The highest BCUT2D eigenvalue weighted by molar-refractivity contribution is 7.89. The molecular weight excluding hydrogens is 377 g/mol. The van der Waals surface area contributed by atoms with Gasteiger partial charge in [0.2, 0.25) is 10.0 Å². The first kappa shape index (κ1) is 19.6. The Balaban J connectivity index is 1.32. The summed E-state index contributed by atoms with van der Waals surface area (Å²) in [6, 6.07) is 13.9. The van der Waals surface area contributed by atoms with E-state index in [1.54, 1.807) is 30.3 Å². The number of sulfonamides is 1. The number of hydrogen-bond acceptors (Lipinski definition) is 3.